The summed E-state index contributed by atoms with van der Waals surface area (Å²) in [5.41, 5.74) is 3.47. The lowest BCUT2D eigenvalue weighted by atomic mass is 9.96. The minimum absolute atomic E-state index is 0.0416. The molecule has 0 bridgehead atoms. The van der Waals surface area contributed by atoms with E-state index in [1.54, 1.807) is 30.2 Å². The number of nitrogens with zero attached hydrogens (tertiary/aromatic N) is 3. The Labute approximate surface area is 276 Å². The van der Waals surface area contributed by atoms with Gasteiger partial charge in [-0.25, -0.2) is 9.78 Å². The standard InChI is InChI=1S/C36H35N5O5S/c1-46-27-14-15-29-26(21-27)22-30(38-29)33(42)39-31(23-47-34-28(36(44)45)13-8-16-37-34)35(43)41-19-17-40(18-20-41)32(24-9-4-2-5-10-24)25-11-6-3-7-12-25/h2-16,21-22,31-32,38H,17-20,23H2,1H3,(H,39,42)(H,44,45). The van der Waals surface area contributed by atoms with Gasteiger partial charge in [0.2, 0.25) is 5.91 Å². The van der Waals surface area contributed by atoms with Gasteiger partial charge in [0.1, 0.15) is 22.5 Å². The van der Waals surface area contributed by atoms with E-state index in [4.69, 9.17) is 4.74 Å². The molecule has 2 aromatic heterocycles. The molecule has 10 nitrogen and oxygen atoms in total. The maximum Gasteiger partial charge on any atom is 0.338 e. The number of aromatic amines is 1. The first-order valence-corrected chi connectivity index (χ1v) is 16.3. The molecule has 6 rings (SSSR count). The van der Waals surface area contributed by atoms with Crippen LogP contribution in [0, 0.1) is 0 Å². The smallest absolute Gasteiger partial charge is 0.338 e. The zero-order chi connectivity index (χ0) is 32.8. The first-order valence-electron chi connectivity index (χ1n) is 15.3. The summed E-state index contributed by atoms with van der Waals surface area (Å²) in [7, 11) is 1.58. The molecule has 3 heterocycles. The number of aromatic nitrogens is 2. The molecule has 3 aromatic carbocycles. The van der Waals surface area contributed by atoms with E-state index in [2.05, 4.69) is 44.5 Å². The Balaban J connectivity index is 1.21. The molecular weight excluding hydrogens is 614 g/mol. The third-order valence-corrected chi connectivity index (χ3v) is 9.38. The highest BCUT2D eigenvalue weighted by molar-refractivity contribution is 7.99. The second-order valence-electron chi connectivity index (χ2n) is 11.2. The third kappa shape index (κ3) is 7.32. The zero-order valence-corrected chi connectivity index (χ0v) is 26.7. The van der Waals surface area contributed by atoms with E-state index < -0.39 is 17.9 Å². The second kappa shape index (κ2) is 14.5. The van der Waals surface area contributed by atoms with Gasteiger partial charge in [0.05, 0.1) is 18.7 Å². The number of H-pyrrole nitrogens is 1. The fourth-order valence-corrected chi connectivity index (χ4v) is 6.90. The number of carboxylic acids is 1. The summed E-state index contributed by atoms with van der Waals surface area (Å²) in [6, 6.07) is 30.0. The quantitative estimate of drug-likeness (QED) is 0.169. The van der Waals surface area contributed by atoms with Crippen molar-refractivity contribution in [2.24, 2.45) is 0 Å². The molecule has 0 aliphatic carbocycles. The first kappa shape index (κ1) is 31.8. The molecule has 1 fully saturated rings. The summed E-state index contributed by atoms with van der Waals surface area (Å²) < 4.78 is 5.31. The Hall–Kier alpha value is -5.13. The molecule has 0 spiro atoms. The van der Waals surface area contributed by atoms with Crippen LogP contribution in [0.1, 0.15) is 38.0 Å². The number of piperazine rings is 1. The second-order valence-corrected chi connectivity index (χ2v) is 12.2. The van der Waals surface area contributed by atoms with Crippen molar-refractivity contribution in [3.63, 3.8) is 0 Å². The van der Waals surface area contributed by atoms with Crippen LogP contribution in [0.3, 0.4) is 0 Å². The average Bonchev–Trinajstić information content (AvgIpc) is 3.55. The number of hydrogen-bond acceptors (Lipinski definition) is 7. The van der Waals surface area contributed by atoms with E-state index in [1.807, 2.05) is 48.5 Å². The molecule has 2 amide bonds. The van der Waals surface area contributed by atoms with Crippen LogP contribution in [0.5, 0.6) is 5.75 Å². The number of rotatable bonds is 11. The first-order chi connectivity index (χ1) is 22.9. The van der Waals surface area contributed by atoms with Gasteiger partial charge in [-0.1, -0.05) is 60.7 Å². The van der Waals surface area contributed by atoms with Crippen LogP contribution in [0.15, 0.2) is 108 Å². The number of amides is 2. The van der Waals surface area contributed by atoms with Gasteiger partial charge >= 0.3 is 5.97 Å². The molecule has 0 radical (unpaired) electrons. The highest BCUT2D eigenvalue weighted by Crippen LogP contribution is 2.30. The molecule has 1 unspecified atom stereocenters. The molecule has 11 heteroatoms. The Morgan fingerprint density at radius 2 is 1.60 bits per heavy atom. The van der Waals surface area contributed by atoms with Gasteiger partial charge in [0, 0.05) is 49.0 Å². The van der Waals surface area contributed by atoms with Gasteiger partial charge in [-0.05, 0) is 47.5 Å². The maximum absolute atomic E-state index is 14.1. The molecule has 240 valence electrons. The monoisotopic (exact) mass is 649 g/mol. The number of ether oxygens (including phenoxy) is 1. The van der Waals surface area contributed by atoms with Crippen LogP contribution in [0.2, 0.25) is 0 Å². The molecule has 5 aromatic rings. The molecule has 1 atom stereocenters. The molecule has 3 N–H and O–H groups in total. The summed E-state index contributed by atoms with van der Waals surface area (Å²) in [6.45, 7) is 2.23. The summed E-state index contributed by atoms with van der Waals surface area (Å²) in [5, 5.41) is 13.7. The molecule has 1 aliphatic rings. The number of carbonyl (C=O) groups is 3. The van der Waals surface area contributed by atoms with E-state index in [9.17, 15) is 19.5 Å². The predicted molar refractivity (Wildman–Crippen MR) is 181 cm³/mol. The van der Waals surface area contributed by atoms with Crippen molar-refractivity contribution in [1.82, 2.24) is 25.1 Å². The number of carboxylic acid groups (broad SMARTS) is 1. The molecule has 1 saturated heterocycles. The van der Waals surface area contributed by atoms with Crippen LogP contribution in [-0.2, 0) is 4.79 Å². The number of carbonyl (C=O) groups excluding carboxylic acids is 2. The molecule has 0 saturated carbocycles. The number of pyridine rings is 1. The highest BCUT2D eigenvalue weighted by Gasteiger charge is 2.32. The van der Waals surface area contributed by atoms with Gasteiger partial charge < -0.3 is 25.0 Å². The van der Waals surface area contributed by atoms with Crippen molar-refractivity contribution in [2.45, 2.75) is 17.1 Å². The zero-order valence-electron chi connectivity index (χ0n) is 25.8. The van der Waals surface area contributed by atoms with Crippen LogP contribution < -0.4 is 10.1 Å². The van der Waals surface area contributed by atoms with Crippen molar-refractivity contribution >= 4 is 40.4 Å². The van der Waals surface area contributed by atoms with E-state index in [0.29, 0.717) is 37.6 Å². The average molecular weight is 650 g/mol. The number of nitrogens with one attached hydrogen (secondary N) is 2. The largest absolute Gasteiger partial charge is 0.497 e. The van der Waals surface area contributed by atoms with Crippen molar-refractivity contribution in [3.05, 3.63) is 126 Å². The Morgan fingerprint density at radius 3 is 2.23 bits per heavy atom. The number of thioether (sulfide) groups is 1. The van der Waals surface area contributed by atoms with E-state index in [1.165, 1.54) is 23.4 Å². The third-order valence-electron chi connectivity index (χ3n) is 8.29. The minimum atomic E-state index is -1.11. The highest BCUT2D eigenvalue weighted by atomic mass is 32.2. The minimum Gasteiger partial charge on any atom is -0.497 e. The Kier molecular flexibility index (Phi) is 9.84. The van der Waals surface area contributed by atoms with Crippen LogP contribution in [0.4, 0.5) is 0 Å². The molecular formula is C36H35N5O5S. The van der Waals surface area contributed by atoms with Crippen molar-refractivity contribution in [1.29, 1.82) is 0 Å². The summed E-state index contributed by atoms with van der Waals surface area (Å²) in [6.07, 6.45) is 1.51. The van der Waals surface area contributed by atoms with Gasteiger partial charge in [0.25, 0.3) is 5.91 Å². The normalized spacial score (nSPS) is 14.2. The maximum atomic E-state index is 14.1. The summed E-state index contributed by atoms with van der Waals surface area (Å²) in [5.74, 6) is -1.01. The number of hydrogen-bond donors (Lipinski definition) is 3. The van der Waals surface area contributed by atoms with Crippen LogP contribution in [0.25, 0.3) is 10.9 Å². The number of aromatic carboxylic acids is 1. The number of fused-ring (bicyclic) bond motifs is 1. The lowest BCUT2D eigenvalue weighted by Gasteiger charge is -2.40. The van der Waals surface area contributed by atoms with E-state index in [-0.39, 0.29) is 28.3 Å². The Morgan fingerprint density at radius 1 is 0.915 bits per heavy atom. The molecule has 1 aliphatic heterocycles. The lowest BCUT2D eigenvalue weighted by Crippen LogP contribution is -2.56. The van der Waals surface area contributed by atoms with Crippen LogP contribution in [-0.4, -0.2) is 87.7 Å². The lowest BCUT2D eigenvalue weighted by molar-refractivity contribution is -0.134. The van der Waals surface area contributed by atoms with Crippen molar-refractivity contribution in [2.75, 3.05) is 39.0 Å². The number of benzene rings is 3. The SMILES string of the molecule is COc1ccc2[nH]c(C(=O)NC(CSc3ncccc3C(=O)O)C(=O)N3CCN(C(c4ccccc4)c4ccccc4)CC3)cc2c1. The fourth-order valence-electron chi connectivity index (χ4n) is 5.91. The van der Waals surface area contributed by atoms with Crippen LogP contribution >= 0.6 is 11.8 Å². The number of methoxy groups -OCH3 is 1. The predicted octanol–water partition coefficient (Wildman–Crippen LogP) is 5.09. The van der Waals surface area contributed by atoms with Crippen molar-refractivity contribution in [3.8, 4) is 5.75 Å². The van der Waals surface area contributed by atoms with Gasteiger partial charge in [-0.15, -0.1) is 11.8 Å². The van der Waals surface area contributed by atoms with Gasteiger partial charge in [-0.3, -0.25) is 14.5 Å². The summed E-state index contributed by atoms with van der Waals surface area (Å²) in [4.78, 5) is 51.0. The van der Waals surface area contributed by atoms with Gasteiger partial charge in [0.15, 0.2) is 0 Å². The molecule has 47 heavy (non-hydrogen) atoms. The summed E-state index contributed by atoms with van der Waals surface area (Å²) >= 11 is 1.13. The van der Waals surface area contributed by atoms with E-state index >= 15 is 0 Å². The van der Waals surface area contributed by atoms with Crippen molar-refractivity contribution < 1.29 is 24.2 Å². The fraction of sp³-hybridized carbons (Fsp3) is 0.222. The van der Waals surface area contributed by atoms with Gasteiger partial charge in [-0.2, -0.15) is 0 Å². The van der Waals surface area contributed by atoms with E-state index in [0.717, 1.165) is 22.7 Å². The topological polar surface area (TPSA) is 128 Å². The Bertz CT molecular complexity index is 1820.